The van der Waals surface area contributed by atoms with Crippen LogP contribution in [0.2, 0.25) is 0 Å². The molecule has 2 N–H and O–H groups in total. The standard InChI is InChI=1S/C15H21NO4/c17-10-8-15(19)7-4-9-16(12-15)14(18)20-11-13-5-2-1-3-6-13/h1-3,5-6,17,19H,4,7-12H2. The van der Waals surface area contributed by atoms with Crippen LogP contribution in [0.5, 0.6) is 0 Å². The lowest BCUT2D eigenvalue weighted by molar-refractivity contribution is -0.0444. The molecule has 0 aliphatic carbocycles. The molecule has 5 heteroatoms. The Labute approximate surface area is 118 Å². The molecule has 1 atom stereocenters. The van der Waals surface area contributed by atoms with Crippen molar-refractivity contribution in [2.24, 2.45) is 0 Å². The van der Waals surface area contributed by atoms with E-state index in [1.54, 1.807) is 0 Å². The highest BCUT2D eigenvalue weighted by molar-refractivity contribution is 5.67. The molecule has 1 heterocycles. The zero-order valence-electron chi connectivity index (χ0n) is 11.5. The van der Waals surface area contributed by atoms with Crippen molar-refractivity contribution in [2.45, 2.75) is 31.5 Å². The number of carbonyl (C=O) groups excluding carboxylic acids is 1. The number of β-amino-alcohol motifs (C(OH)–C–C–N with tert-alkyl or cyclic N) is 1. The van der Waals surface area contributed by atoms with Gasteiger partial charge in [-0.3, -0.25) is 0 Å². The van der Waals surface area contributed by atoms with Gasteiger partial charge in [0.1, 0.15) is 6.61 Å². The van der Waals surface area contributed by atoms with Crippen molar-refractivity contribution in [1.82, 2.24) is 4.90 Å². The summed E-state index contributed by atoms with van der Waals surface area (Å²) < 4.78 is 5.25. The second-order valence-corrected chi connectivity index (χ2v) is 5.26. The van der Waals surface area contributed by atoms with Gasteiger partial charge in [-0.2, -0.15) is 0 Å². The molecule has 0 spiro atoms. The summed E-state index contributed by atoms with van der Waals surface area (Å²) in [6.07, 6.45) is 1.20. The highest BCUT2D eigenvalue weighted by atomic mass is 16.6. The Morgan fingerprint density at radius 2 is 2.10 bits per heavy atom. The first-order valence-electron chi connectivity index (χ1n) is 6.92. The van der Waals surface area contributed by atoms with Crippen molar-refractivity contribution in [3.05, 3.63) is 35.9 Å². The first-order valence-corrected chi connectivity index (χ1v) is 6.92. The van der Waals surface area contributed by atoms with E-state index >= 15 is 0 Å². The van der Waals surface area contributed by atoms with Gasteiger partial charge in [0.15, 0.2) is 0 Å². The van der Waals surface area contributed by atoms with Crippen LogP contribution in [0, 0.1) is 0 Å². The summed E-state index contributed by atoms with van der Waals surface area (Å²) in [5.41, 5.74) is -0.0536. The van der Waals surface area contributed by atoms with Crippen molar-refractivity contribution in [1.29, 1.82) is 0 Å². The second kappa shape index (κ2) is 6.72. The van der Waals surface area contributed by atoms with Gasteiger partial charge in [-0.05, 0) is 18.4 Å². The summed E-state index contributed by atoms with van der Waals surface area (Å²) in [5, 5.41) is 19.2. The van der Waals surface area contributed by atoms with Gasteiger partial charge in [-0.15, -0.1) is 0 Å². The van der Waals surface area contributed by atoms with Crippen LogP contribution in [0.15, 0.2) is 30.3 Å². The van der Waals surface area contributed by atoms with Crippen LogP contribution < -0.4 is 0 Å². The van der Waals surface area contributed by atoms with Gasteiger partial charge in [0, 0.05) is 19.6 Å². The van der Waals surface area contributed by atoms with Crippen LogP contribution in [0.3, 0.4) is 0 Å². The van der Waals surface area contributed by atoms with Gasteiger partial charge >= 0.3 is 6.09 Å². The van der Waals surface area contributed by atoms with Crippen LogP contribution in [-0.2, 0) is 11.3 Å². The maximum absolute atomic E-state index is 12.0. The number of likely N-dealkylation sites (tertiary alicyclic amines) is 1. The van der Waals surface area contributed by atoms with E-state index in [9.17, 15) is 9.90 Å². The Kier molecular flexibility index (Phi) is 4.98. The number of hydrogen-bond acceptors (Lipinski definition) is 4. The number of rotatable bonds is 4. The number of ether oxygens (including phenoxy) is 1. The molecule has 1 aliphatic heterocycles. The largest absolute Gasteiger partial charge is 0.445 e. The lowest BCUT2D eigenvalue weighted by Crippen LogP contribution is -2.50. The highest BCUT2D eigenvalue weighted by Gasteiger charge is 2.35. The minimum Gasteiger partial charge on any atom is -0.445 e. The maximum Gasteiger partial charge on any atom is 0.410 e. The van der Waals surface area contributed by atoms with Crippen LogP contribution in [-0.4, -0.2) is 46.5 Å². The first-order chi connectivity index (χ1) is 9.63. The van der Waals surface area contributed by atoms with Crippen molar-refractivity contribution in [2.75, 3.05) is 19.7 Å². The number of aliphatic hydroxyl groups excluding tert-OH is 1. The van der Waals surface area contributed by atoms with Crippen LogP contribution in [0.4, 0.5) is 4.79 Å². The molecule has 1 amide bonds. The predicted molar refractivity (Wildman–Crippen MR) is 74.1 cm³/mol. The van der Waals surface area contributed by atoms with Gasteiger partial charge < -0.3 is 19.8 Å². The van der Waals surface area contributed by atoms with Crippen molar-refractivity contribution in [3.63, 3.8) is 0 Å². The van der Waals surface area contributed by atoms with Crippen LogP contribution in [0.25, 0.3) is 0 Å². The van der Waals surface area contributed by atoms with Gasteiger partial charge in [0.25, 0.3) is 0 Å². The molecule has 0 saturated carbocycles. The normalized spacial score (nSPS) is 22.6. The fourth-order valence-corrected chi connectivity index (χ4v) is 2.49. The lowest BCUT2D eigenvalue weighted by Gasteiger charge is -2.38. The fraction of sp³-hybridized carbons (Fsp3) is 0.533. The quantitative estimate of drug-likeness (QED) is 0.877. The molecule has 1 unspecified atom stereocenters. The summed E-state index contributed by atoms with van der Waals surface area (Å²) in [5.74, 6) is 0. The Morgan fingerprint density at radius 1 is 1.35 bits per heavy atom. The summed E-state index contributed by atoms with van der Waals surface area (Å²) in [6, 6.07) is 9.48. The molecule has 1 aromatic rings. The van der Waals surface area contributed by atoms with E-state index in [0.29, 0.717) is 13.0 Å². The molecule has 2 rings (SSSR count). The fourth-order valence-electron chi connectivity index (χ4n) is 2.49. The van der Waals surface area contributed by atoms with Gasteiger partial charge in [0.05, 0.1) is 12.1 Å². The van der Waals surface area contributed by atoms with Crippen molar-refractivity contribution in [3.8, 4) is 0 Å². The highest BCUT2D eigenvalue weighted by Crippen LogP contribution is 2.24. The summed E-state index contributed by atoms with van der Waals surface area (Å²) >= 11 is 0. The van der Waals surface area contributed by atoms with Crippen LogP contribution >= 0.6 is 0 Å². The number of piperidine rings is 1. The van der Waals surface area contributed by atoms with Gasteiger partial charge in [-0.1, -0.05) is 30.3 Å². The Balaban J connectivity index is 1.86. The third kappa shape index (κ3) is 3.95. The Bertz CT molecular complexity index is 433. The number of amides is 1. The predicted octanol–water partition coefficient (Wildman–Crippen LogP) is 1.53. The third-order valence-electron chi connectivity index (χ3n) is 3.60. The Hall–Kier alpha value is -1.59. The molecule has 20 heavy (non-hydrogen) atoms. The SMILES string of the molecule is O=C(OCc1ccccc1)N1CCCC(O)(CCO)C1. The minimum atomic E-state index is -0.987. The summed E-state index contributed by atoms with van der Waals surface area (Å²) in [4.78, 5) is 13.5. The maximum atomic E-state index is 12.0. The van der Waals surface area contributed by atoms with Gasteiger partial charge in [0.2, 0.25) is 0 Å². The first kappa shape index (κ1) is 14.8. The topological polar surface area (TPSA) is 70.0 Å². The molecule has 1 aliphatic rings. The van der Waals surface area contributed by atoms with E-state index < -0.39 is 11.7 Å². The average molecular weight is 279 g/mol. The lowest BCUT2D eigenvalue weighted by atomic mass is 9.90. The number of nitrogens with zero attached hydrogens (tertiary/aromatic N) is 1. The molecular formula is C15H21NO4. The molecular weight excluding hydrogens is 258 g/mol. The number of carbonyl (C=O) groups is 1. The average Bonchev–Trinajstić information content (AvgIpc) is 2.46. The molecule has 0 aromatic heterocycles. The van der Waals surface area contributed by atoms with E-state index in [0.717, 1.165) is 12.0 Å². The zero-order valence-corrected chi connectivity index (χ0v) is 11.5. The molecule has 110 valence electrons. The summed E-state index contributed by atoms with van der Waals surface area (Å²) in [6.45, 7) is 0.959. The zero-order chi connectivity index (χ0) is 14.4. The Morgan fingerprint density at radius 3 is 2.80 bits per heavy atom. The van der Waals surface area contributed by atoms with E-state index in [1.165, 1.54) is 4.90 Å². The second-order valence-electron chi connectivity index (χ2n) is 5.26. The molecule has 1 saturated heterocycles. The smallest absolute Gasteiger partial charge is 0.410 e. The van der Waals surface area contributed by atoms with E-state index in [-0.39, 0.29) is 26.2 Å². The van der Waals surface area contributed by atoms with Crippen molar-refractivity contribution >= 4 is 6.09 Å². The van der Waals surface area contributed by atoms with E-state index in [4.69, 9.17) is 9.84 Å². The number of benzene rings is 1. The van der Waals surface area contributed by atoms with Crippen LogP contribution in [0.1, 0.15) is 24.8 Å². The summed E-state index contributed by atoms with van der Waals surface area (Å²) in [7, 11) is 0. The molecule has 5 nitrogen and oxygen atoms in total. The number of hydrogen-bond donors (Lipinski definition) is 2. The van der Waals surface area contributed by atoms with E-state index in [1.807, 2.05) is 30.3 Å². The molecule has 1 aromatic carbocycles. The monoisotopic (exact) mass is 279 g/mol. The van der Waals surface area contributed by atoms with Crippen molar-refractivity contribution < 1.29 is 19.7 Å². The molecule has 1 fully saturated rings. The minimum absolute atomic E-state index is 0.0800. The number of aliphatic hydroxyl groups is 2. The molecule has 0 radical (unpaired) electrons. The molecule has 0 bridgehead atoms. The van der Waals surface area contributed by atoms with E-state index in [2.05, 4.69) is 0 Å². The third-order valence-corrected chi connectivity index (χ3v) is 3.60. The van der Waals surface area contributed by atoms with Gasteiger partial charge in [-0.25, -0.2) is 4.79 Å².